The lowest BCUT2D eigenvalue weighted by Crippen LogP contribution is -2.37. The van der Waals surface area contributed by atoms with Gasteiger partial charge in [-0.05, 0) is 36.2 Å². The third-order valence-electron chi connectivity index (χ3n) is 3.72. The van der Waals surface area contributed by atoms with E-state index in [0.717, 1.165) is 11.1 Å². The highest BCUT2D eigenvalue weighted by Gasteiger charge is 2.30. The van der Waals surface area contributed by atoms with Crippen LogP contribution in [0.25, 0.3) is 17.1 Å². The summed E-state index contributed by atoms with van der Waals surface area (Å²) in [4.78, 5) is 14.5. The minimum absolute atomic E-state index is 0.253. The minimum atomic E-state index is -4.74. The van der Waals surface area contributed by atoms with E-state index in [0.29, 0.717) is 17.9 Å². The van der Waals surface area contributed by atoms with Crippen molar-refractivity contribution in [2.24, 2.45) is 0 Å². The van der Waals surface area contributed by atoms with Crippen molar-refractivity contribution < 1.29 is 27.8 Å². The summed E-state index contributed by atoms with van der Waals surface area (Å²) in [6, 6.07) is 12.5. The maximum Gasteiger partial charge on any atom is 0.573 e. The molecule has 0 fully saturated rings. The Kier molecular flexibility index (Phi) is 5.48. The Morgan fingerprint density at radius 1 is 1.11 bits per heavy atom. The molecule has 1 aromatic heterocycles. The number of alkyl halides is 3. The van der Waals surface area contributed by atoms with E-state index in [2.05, 4.69) is 20.1 Å². The highest BCUT2D eigenvalue weighted by Crippen LogP contribution is 2.24. The van der Waals surface area contributed by atoms with Crippen LogP contribution >= 0.6 is 0 Å². The molecule has 0 aliphatic heterocycles. The number of halogens is 3. The largest absolute Gasteiger partial charge is 0.573 e. The molecular formula is C18H14F3N4O3-. The van der Waals surface area contributed by atoms with Crippen LogP contribution in [0.5, 0.6) is 5.75 Å². The molecule has 0 bridgehead atoms. The summed E-state index contributed by atoms with van der Waals surface area (Å²) in [6.07, 6.45) is -4.09. The summed E-state index contributed by atoms with van der Waals surface area (Å²) in [5.41, 5.74) is 2.20. The van der Waals surface area contributed by atoms with Crippen molar-refractivity contribution in [3.63, 3.8) is 0 Å². The van der Waals surface area contributed by atoms with Crippen molar-refractivity contribution in [1.29, 1.82) is 0 Å². The highest BCUT2D eigenvalue weighted by atomic mass is 19.4. The standard InChI is InChI=1S/C18H15F3N4O3/c19-18(20,21)28-15-7-5-14(6-8-15)25-11-23-16(24-25)13-3-1-12(2-4-13)9-10-22-17(26)27/h1-8,11,22H,9-10H2,(H,26,27)/p-1. The molecular weight excluding hydrogens is 377 g/mol. The molecule has 0 saturated carbocycles. The summed E-state index contributed by atoms with van der Waals surface area (Å²) in [5.74, 6) is 0.121. The van der Waals surface area contributed by atoms with Crippen molar-refractivity contribution >= 4 is 6.09 Å². The lowest BCUT2D eigenvalue weighted by Gasteiger charge is -2.09. The van der Waals surface area contributed by atoms with Crippen LogP contribution in [0.4, 0.5) is 18.0 Å². The summed E-state index contributed by atoms with van der Waals surface area (Å²) in [5, 5.41) is 16.8. The van der Waals surface area contributed by atoms with Crippen molar-refractivity contribution in [2.75, 3.05) is 6.54 Å². The maximum absolute atomic E-state index is 12.2. The van der Waals surface area contributed by atoms with Crippen LogP contribution in [0, 0.1) is 0 Å². The fourth-order valence-electron chi connectivity index (χ4n) is 2.45. The molecule has 28 heavy (non-hydrogen) atoms. The SMILES string of the molecule is O=C([O-])NCCc1ccc(-c2ncn(-c3ccc(OC(F)(F)F)cc3)n2)cc1. The molecule has 3 rings (SSSR count). The molecule has 10 heteroatoms. The number of carbonyl (C=O) groups excluding carboxylic acids is 1. The van der Waals surface area contributed by atoms with Gasteiger partial charge in [0.25, 0.3) is 0 Å². The second kappa shape index (κ2) is 7.99. The van der Waals surface area contributed by atoms with Crippen LogP contribution in [0.1, 0.15) is 5.56 Å². The van der Waals surface area contributed by atoms with E-state index >= 15 is 0 Å². The second-order valence-corrected chi connectivity index (χ2v) is 5.72. The fourth-order valence-corrected chi connectivity index (χ4v) is 2.45. The summed E-state index contributed by atoms with van der Waals surface area (Å²) >= 11 is 0. The summed E-state index contributed by atoms with van der Waals surface area (Å²) < 4.78 is 41.9. The van der Waals surface area contributed by atoms with E-state index in [4.69, 9.17) is 0 Å². The number of carbonyl (C=O) groups is 1. The number of hydrogen-bond donors (Lipinski definition) is 1. The molecule has 1 heterocycles. The van der Waals surface area contributed by atoms with E-state index in [-0.39, 0.29) is 12.3 Å². The average Bonchev–Trinajstić information content (AvgIpc) is 3.11. The Hall–Kier alpha value is -3.56. The van der Waals surface area contributed by atoms with Crippen molar-refractivity contribution in [2.45, 2.75) is 12.8 Å². The van der Waals surface area contributed by atoms with Crippen LogP contribution in [-0.4, -0.2) is 33.8 Å². The van der Waals surface area contributed by atoms with Crippen LogP contribution < -0.4 is 15.2 Å². The number of nitrogens with one attached hydrogen (secondary N) is 1. The Balaban J connectivity index is 1.67. The molecule has 0 spiro atoms. The van der Waals surface area contributed by atoms with E-state index < -0.39 is 12.5 Å². The molecule has 1 amide bonds. The number of carboxylic acid groups (broad SMARTS) is 1. The predicted molar refractivity (Wildman–Crippen MR) is 90.6 cm³/mol. The number of rotatable bonds is 6. The van der Waals surface area contributed by atoms with Crippen LogP contribution in [0.2, 0.25) is 0 Å². The first kappa shape index (κ1) is 19.2. The topological polar surface area (TPSA) is 92.1 Å². The molecule has 1 N–H and O–H groups in total. The van der Waals surface area contributed by atoms with Crippen molar-refractivity contribution in [1.82, 2.24) is 20.1 Å². The van der Waals surface area contributed by atoms with Gasteiger partial charge in [0.15, 0.2) is 5.82 Å². The van der Waals surface area contributed by atoms with Crippen LogP contribution in [-0.2, 0) is 6.42 Å². The first-order valence-electron chi connectivity index (χ1n) is 8.12. The molecule has 2 aromatic carbocycles. The smallest absolute Gasteiger partial charge is 0.530 e. The molecule has 7 nitrogen and oxygen atoms in total. The van der Waals surface area contributed by atoms with Gasteiger partial charge in [-0.2, -0.15) is 0 Å². The van der Waals surface area contributed by atoms with Gasteiger partial charge in [-0.1, -0.05) is 24.3 Å². The zero-order chi connectivity index (χ0) is 20.1. The molecule has 0 aliphatic carbocycles. The van der Waals surface area contributed by atoms with Gasteiger partial charge in [-0.3, -0.25) is 0 Å². The first-order valence-corrected chi connectivity index (χ1v) is 8.12. The Morgan fingerprint density at radius 2 is 1.79 bits per heavy atom. The predicted octanol–water partition coefficient (Wildman–Crippen LogP) is 2.31. The number of benzene rings is 2. The van der Waals surface area contributed by atoms with E-state index in [9.17, 15) is 23.1 Å². The number of nitrogens with zero attached hydrogens (tertiary/aromatic N) is 3. The number of amides is 1. The molecule has 0 atom stereocenters. The van der Waals surface area contributed by atoms with Gasteiger partial charge in [-0.15, -0.1) is 18.3 Å². The number of hydrogen-bond acceptors (Lipinski definition) is 5. The van der Waals surface area contributed by atoms with Gasteiger partial charge in [-0.25, -0.2) is 9.67 Å². The lowest BCUT2D eigenvalue weighted by molar-refractivity contribution is -0.274. The maximum atomic E-state index is 12.2. The Bertz CT molecular complexity index is 938. The Morgan fingerprint density at radius 3 is 2.39 bits per heavy atom. The van der Waals surface area contributed by atoms with E-state index in [1.165, 1.54) is 35.3 Å². The average molecular weight is 391 g/mol. The molecule has 0 unspecified atom stereocenters. The van der Waals surface area contributed by atoms with Gasteiger partial charge < -0.3 is 20.0 Å². The number of aromatic nitrogens is 3. The Labute approximate surface area is 157 Å². The summed E-state index contributed by atoms with van der Waals surface area (Å²) in [7, 11) is 0. The zero-order valence-electron chi connectivity index (χ0n) is 14.3. The first-order chi connectivity index (χ1) is 13.3. The van der Waals surface area contributed by atoms with E-state index in [1.807, 2.05) is 12.1 Å². The van der Waals surface area contributed by atoms with Gasteiger partial charge in [0.2, 0.25) is 0 Å². The lowest BCUT2D eigenvalue weighted by atomic mass is 10.1. The van der Waals surface area contributed by atoms with Gasteiger partial charge in [0.05, 0.1) is 5.69 Å². The van der Waals surface area contributed by atoms with Crippen LogP contribution in [0.3, 0.4) is 0 Å². The quantitative estimate of drug-likeness (QED) is 0.696. The third-order valence-corrected chi connectivity index (χ3v) is 3.72. The van der Waals surface area contributed by atoms with E-state index in [1.54, 1.807) is 12.1 Å². The van der Waals surface area contributed by atoms with Gasteiger partial charge in [0, 0.05) is 12.1 Å². The molecule has 0 saturated heterocycles. The van der Waals surface area contributed by atoms with Crippen molar-refractivity contribution in [3.05, 3.63) is 60.4 Å². The molecule has 0 radical (unpaired) electrons. The third kappa shape index (κ3) is 5.22. The van der Waals surface area contributed by atoms with Gasteiger partial charge >= 0.3 is 6.36 Å². The monoisotopic (exact) mass is 391 g/mol. The van der Waals surface area contributed by atoms with Crippen LogP contribution in [0.15, 0.2) is 54.9 Å². The normalized spacial score (nSPS) is 11.2. The summed E-state index contributed by atoms with van der Waals surface area (Å²) in [6.45, 7) is 0.253. The minimum Gasteiger partial charge on any atom is -0.530 e. The highest BCUT2D eigenvalue weighted by molar-refractivity contribution is 5.61. The van der Waals surface area contributed by atoms with Crippen molar-refractivity contribution in [3.8, 4) is 22.8 Å². The molecule has 146 valence electrons. The fraction of sp³-hybridized carbons (Fsp3) is 0.167. The molecule has 0 aliphatic rings. The number of ether oxygens (including phenoxy) is 1. The van der Waals surface area contributed by atoms with Gasteiger partial charge in [0.1, 0.15) is 18.2 Å². The second-order valence-electron chi connectivity index (χ2n) is 5.72. The molecule has 3 aromatic rings. The zero-order valence-corrected chi connectivity index (χ0v) is 14.3.